The Balaban J connectivity index is 1.67. The first-order valence-corrected chi connectivity index (χ1v) is 12.2. The van der Waals surface area contributed by atoms with Crippen LogP contribution in [0.1, 0.15) is 37.0 Å². The SMILES string of the molecule is COc1ccccc1Cn1c(-c2ccc(Cl)cc2)nn(CC(=O)CC(C)(C)c2cccc(C)c2)c1=O. The van der Waals surface area contributed by atoms with Crippen molar-refractivity contribution in [3.8, 4) is 17.1 Å². The number of nitrogens with zero attached hydrogens (tertiary/aromatic N) is 3. The van der Waals surface area contributed by atoms with Gasteiger partial charge in [-0.25, -0.2) is 9.48 Å². The molecule has 0 atom stereocenters. The lowest BCUT2D eigenvalue weighted by atomic mass is 9.79. The summed E-state index contributed by atoms with van der Waals surface area (Å²) in [7, 11) is 1.60. The van der Waals surface area contributed by atoms with Crippen LogP contribution in [0.15, 0.2) is 77.6 Å². The molecule has 0 aliphatic rings. The molecule has 1 aromatic heterocycles. The number of aromatic nitrogens is 3. The highest BCUT2D eigenvalue weighted by Gasteiger charge is 2.26. The predicted octanol–water partition coefficient (Wildman–Crippen LogP) is 5.67. The van der Waals surface area contributed by atoms with Gasteiger partial charge in [-0.2, -0.15) is 0 Å². The van der Waals surface area contributed by atoms with Crippen LogP contribution < -0.4 is 10.4 Å². The maximum Gasteiger partial charge on any atom is 0.346 e. The van der Waals surface area contributed by atoms with E-state index in [4.69, 9.17) is 16.3 Å². The maximum atomic E-state index is 13.5. The third-order valence-corrected chi connectivity index (χ3v) is 6.56. The van der Waals surface area contributed by atoms with Gasteiger partial charge < -0.3 is 4.74 Å². The zero-order valence-electron chi connectivity index (χ0n) is 21.0. The minimum absolute atomic E-state index is 0.0618. The van der Waals surface area contributed by atoms with Gasteiger partial charge in [-0.3, -0.25) is 9.36 Å². The van der Waals surface area contributed by atoms with Gasteiger partial charge in [0.25, 0.3) is 0 Å². The molecule has 0 N–H and O–H groups in total. The number of carbonyl (C=O) groups excluding carboxylic acids is 1. The molecule has 6 nitrogen and oxygen atoms in total. The average molecular weight is 504 g/mol. The summed E-state index contributed by atoms with van der Waals surface area (Å²) >= 11 is 6.08. The lowest BCUT2D eigenvalue weighted by Gasteiger charge is -2.24. The van der Waals surface area contributed by atoms with Crippen LogP contribution in [0.2, 0.25) is 5.02 Å². The van der Waals surface area contributed by atoms with Gasteiger partial charge >= 0.3 is 5.69 Å². The zero-order chi connectivity index (χ0) is 25.9. The number of methoxy groups -OCH3 is 1. The molecule has 0 saturated carbocycles. The Morgan fingerprint density at radius 3 is 2.44 bits per heavy atom. The van der Waals surface area contributed by atoms with E-state index in [1.54, 1.807) is 23.8 Å². The average Bonchev–Trinajstić information content (AvgIpc) is 3.14. The topological polar surface area (TPSA) is 66.1 Å². The Hall–Kier alpha value is -3.64. The van der Waals surface area contributed by atoms with Gasteiger partial charge in [-0.05, 0) is 48.2 Å². The minimum atomic E-state index is -0.369. The van der Waals surface area contributed by atoms with Gasteiger partial charge in [-0.15, -0.1) is 5.10 Å². The van der Waals surface area contributed by atoms with Gasteiger partial charge in [0.2, 0.25) is 0 Å². The number of carbonyl (C=O) groups is 1. The van der Waals surface area contributed by atoms with Crippen molar-refractivity contribution in [3.63, 3.8) is 0 Å². The smallest absolute Gasteiger partial charge is 0.346 e. The highest BCUT2D eigenvalue weighted by Crippen LogP contribution is 2.28. The van der Waals surface area contributed by atoms with Crippen LogP contribution in [0, 0.1) is 6.92 Å². The number of halogens is 1. The molecule has 1 heterocycles. The van der Waals surface area contributed by atoms with Crippen LogP contribution in [0.25, 0.3) is 11.4 Å². The predicted molar refractivity (Wildman–Crippen MR) is 143 cm³/mol. The molecule has 3 aromatic carbocycles. The number of ketones is 1. The monoisotopic (exact) mass is 503 g/mol. The molecule has 0 radical (unpaired) electrons. The first kappa shape index (κ1) is 25.5. The number of Topliss-reactive ketones (excluding diaryl/α,β-unsaturated/α-hetero) is 1. The summed E-state index contributed by atoms with van der Waals surface area (Å²) < 4.78 is 8.31. The van der Waals surface area contributed by atoms with E-state index < -0.39 is 0 Å². The number of benzene rings is 3. The molecule has 0 amide bonds. The van der Waals surface area contributed by atoms with E-state index in [9.17, 15) is 9.59 Å². The fraction of sp³-hybridized carbons (Fsp3) is 0.276. The van der Waals surface area contributed by atoms with E-state index in [1.165, 1.54) is 4.68 Å². The van der Waals surface area contributed by atoms with Crippen molar-refractivity contribution in [2.45, 2.75) is 45.7 Å². The molecule has 36 heavy (non-hydrogen) atoms. The van der Waals surface area contributed by atoms with E-state index in [1.807, 2.05) is 75.4 Å². The molecule has 0 saturated heterocycles. The second-order valence-electron chi connectivity index (χ2n) is 9.64. The Morgan fingerprint density at radius 1 is 1.03 bits per heavy atom. The van der Waals surface area contributed by atoms with E-state index in [0.717, 1.165) is 22.3 Å². The zero-order valence-corrected chi connectivity index (χ0v) is 21.7. The van der Waals surface area contributed by atoms with Crippen LogP contribution in [0.3, 0.4) is 0 Å². The van der Waals surface area contributed by atoms with Crippen LogP contribution >= 0.6 is 11.6 Å². The summed E-state index contributed by atoms with van der Waals surface area (Å²) in [6, 6.07) is 22.8. The summed E-state index contributed by atoms with van der Waals surface area (Å²) in [5, 5.41) is 5.17. The van der Waals surface area contributed by atoms with Crippen LogP contribution in [-0.4, -0.2) is 27.2 Å². The van der Waals surface area contributed by atoms with Crippen LogP contribution in [0.5, 0.6) is 5.75 Å². The molecule has 0 aliphatic carbocycles. The molecule has 0 bridgehead atoms. The Labute approximate surface area is 216 Å². The number of ether oxygens (including phenoxy) is 1. The Bertz CT molecular complexity index is 1430. The van der Waals surface area contributed by atoms with E-state index >= 15 is 0 Å². The molecular formula is C29H30ClN3O3. The molecule has 0 spiro atoms. The fourth-order valence-electron chi connectivity index (χ4n) is 4.39. The van der Waals surface area contributed by atoms with Crippen LogP contribution in [0.4, 0.5) is 0 Å². The lowest BCUT2D eigenvalue weighted by molar-refractivity contribution is -0.120. The van der Waals surface area contributed by atoms with Crippen molar-refractivity contribution in [1.82, 2.24) is 14.3 Å². The standard InChI is InChI=1S/C29H30ClN3O3/c1-20-8-7-10-23(16-20)29(2,3)17-25(34)19-33-28(35)32(18-22-9-5-6-11-26(22)36-4)27(31-33)21-12-14-24(30)15-13-21/h5-16H,17-19H2,1-4H3. The normalized spacial score (nSPS) is 11.5. The third-order valence-electron chi connectivity index (χ3n) is 6.31. The van der Waals surface area contributed by atoms with E-state index in [2.05, 4.69) is 11.2 Å². The molecule has 0 fully saturated rings. The van der Waals surface area contributed by atoms with Gasteiger partial charge in [0.1, 0.15) is 12.3 Å². The molecule has 4 rings (SSSR count). The van der Waals surface area contributed by atoms with Gasteiger partial charge in [-0.1, -0.05) is 73.5 Å². The quantitative estimate of drug-likeness (QED) is 0.295. The Kier molecular flexibility index (Phi) is 7.45. The highest BCUT2D eigenvalue weighted by molar-refractivity contribution is 6.30. The summed E-state index contributed by atoms with van der Waals surface area (Å²) in [4.78, 5) is 26.6. The number of hydrogen-bond donors (Lipinski definition) is 0. The van der Waals surface area contributed by atoms with Crippen LogP contribution in [-0.2, 0) is 23.3 Å². The summed E-state index contributed by atoms with van der Waals surface area (Å²) in [5.74, 6) is 1.08. The highest BCUT2D eigenvalue weighted by atomic mass is 35.5. The molecule has 0 unspecified atom stereocenters. The van der Waals surface area contributed by atoms with Gasteiger partial charge in [0.15, 0.2) is 11.6 Å². The number of hydrogen-bond acceptors (Lipinski definition) is 4. The van der Waals surface area contributed by atoms with Crippen molar-refractivity contribution in [2.75, 3.05) is 7.11 Å². The summed E-state index contributed by atoms with van der Waals surface area (Å²) in [5.41, 5.74) is 3.08. The van der Waals surface area contributed by atoms with Crippen molar-refractivity contribution >= 4 is 17.4 Å². The lowest BCUT2D eigenvalue weighted by Crippen LogP contribution is -2.31. The van der Waals surface area contributed by atoms with E-state index in [-0.39, 0.29) is 30.0 Å². The largest absolute Gasteiger partial charge is 0.496 e. The van der Waals surface area contributed by atoms with Gasteiger partial charge in [0, 0.05) is 22.6 Å². The minimum Gasteiger partial charge on any atom is -0.496 e. The van der Waals surface area contributed by atoms with Crippen molar-refractivity contribution in [3.05, 3.63) is 105 Å². The van der Waals surface area contributed by atoms with E-state index in [0.29, 0.717) is 23.0 Å². The Morgan fingerprint density at radius 2 is 1.75 bits per heavy atom. The molecular weight excluding hydrogens is 474 g/mol. The third kappa shape index (κ3) is 5.60. The number of aryl methyl sites for hydroxylation is 1. The molecule has 0 aliphatic heterocycles. The summed E-state index contributed by atoms with van der Waals surface area (Å²) in [6.07, 6.45) is 0.290. The molecule has 186 valence electrons. The number of rotatable bonds is 9. The van der Waals surface area contributed by atoms with Crippen molar-refractivity contribution in [1.29, 1.82) is 0 Å². The molecule has 4 aromatic rings. The second kappa shape index (κ2) is 10.5. The van der Waals surface area contributed by atoms with Gasteiger partial charge in [0.05, 0.1) is 13.7 Å². The van der Waals surface area contributed by atoms with Crippen molar-refractivity contribution < 1.29 is 9.53 Å². The maximum absolute atomic E-state index is 13.5. The molecule has 7 heteroatoms. The first-order chi connectivity index (χ1) is 17.2. The summed E-state index contributed by atoms with van der Waals surface area (Å²) in [6.45, 7) is 6.27. The fourth-order valence-corrected chi connectivity index (χ4v) is 4.51. The number of para-hydroxylation sites is 1. The van der Waals surface area contributed by atoms with Crippen molar-refractivity contribution in [2.24, 2.45) is 0 Å². The first-order valence-electron chi connectivity index (χ1n) is 11.8. The second-order valence-corrected chi connectivity index (χ2v) is 10.1.